The van der Waals surface area contributed by atoms with E-state index in [2.05, 4.69) is 30.5 Å². The van der Waals surface area contributed by atoms with Crippen LogP contribution >= 0.6 is 11.8 Å². The molecule has 2 atom stereocenters. The molecule has 2 rings (SSSR count). The van der Waals surface area contributed by atoms with E-state index in [1.165, 1.54) is 50.3 Å². The number of thioether (sulfide) groups is 1. The molecule has 2 nitrogen and oxygen atoms in total. The average Bonchev–Trinajstić information content (AvgIpc) is 3.00. The molecule has 100 valence electrons. The molecule has 2 fully saturated rings. The molecule has 0 saturated carbocycles. The predicted octanol–water partition coefficient (Wildman–Crippen LogP) is 2.58. The third-order valence-electron chi connectivity index (χ3n) is 5.19. The fraction of sp³-hybridized carbons (Fsp3) is 1.00. The van der Waals surface area contributed by atoms with Gasteiger partial charge < -0.3 is 5.73 Å². The number of hydrogen-bond acceptors (Lipinski definition) is 3. The van der Waals surface area contributed by atoms with E-state index in [4.69, 9.17) is 5.73 Å². The van der Waals surface area contributed by atoms with Crippen LogP contribution in [-0.4, -0.2) is 42.1 Å². The van der Waals surface area contributed by atoms with Crippen molar-refractivity contribution in [2.24, 2.45) is 17.1 Å². The topological polar surface area (TPSA) is 29.3 Å². The SMILES string of the molecule is CCC1(CC)CCN(C(CN)C2CCSC2)C1. The molecule has 0 aromatic carbocycles. The molecule has 0 amide bonds. The molecular weight excluding hydrogens is 228 g/mol. The van der Waals surface area contributed by atoms with Crippen molar-refractivity contribution in [2.45, 2.75) is 45.6 Å². The molecule has 2 saturated heterocycles. The summed E-state index contributed by atoms with van der Waals surface area (Å²) in [6, 6.07) is 0.657. The van der Waals surface area contributed by atoms with E-state index in [9.17, 15) is 0 Å². The Bertz CT molecular complexity index is 234. The Labute approximate surface area is 111 Å². The monoisotopic (exact) mass is 256 g/mol. The molecule has 0 aliphatic carbocycles. The van der Waals surface area contributed by atoms with Crippen molar-refractivity contribution in [1.29, 1.82) is 0 Å². The molecule has 0 radical (unpaired) electrons. The lowest BCUT2D eigenvalue weighted by atomic mass is 9.82. The van der Waals surface area contributed by atoms with Crippen LogP contribution in [0.25, 0.3) is 0 Å². The highest BCUT2D eigenvalue weighted by atomic mass is 32.2. The van der Waals surface area contributed by atoms with Crippen molar-refractivity contribution in [3.63, 3.8) is 0 Å². The second-order valence-electron chi connectivity index (χ2n) is 5.85. The number of hydrogen-bond donors (Lipinski definition) is 1. The van der Waals surface area contributed by atoms with E-state index in [0.717, 1.165) is 12.5 Å². The first kappa shape index (κ1) is 13.7. The van der Waals surface area contributed by atoms with Crippen LogP contribution in [0.4, 0.5) is 0 Å². The maximum absolute atomic E-state index is 6.05. The molecule has 0 bridgehead atoms. The van der Waals surface area contributed by atoms with Gasteiger partial charge in [0.15, 0.2) is 0 Å². The maximum atomic E-state index is 6.05. The molecule has 2 unspecified atom stereocenters. The minimum absolute atomic E-state index is 0.596. The molecule has 2 aliphatic heterocycles. The summed E-state index contributed by atoms with van der Waals surface area (Å²) in [6.45, 7) is 8.15. The molecule has 2 heterocycles. The summed E-state index contributed by atoms with van der Waals surface area (Å²) >= 11 is 2.11. The van der Waals surface area contributed by atoms with Gasteiger partial charge in [0.1, 0.15) is 0 Å². The van der Waals surface area contributed by atoms with Gasteiger partial charge in [-0.1, -0.05) is 13.8 Å². The molecule has 2 N–H and O–H groups in total. The Morgan fingerprint density at radius 2 is 2.18 bits per heavy atom. The van der Waals surface area contributed by atoms with Crippen LogP contribution < -0.4 is 5.73 Å². The van der Waals surface area contributed by atoms with E-state index in [1.54, 1.807) is 0 Å². The van der Waals surface area contributed by atoms with Gasteiger partial charge in [-0.25, -0.2) is 0 Å². The van der Waals surface area contributed by atoms with Crippen molar-refractivity contribution in [3.8, 4) is 0 Å². The van der Waals surface area contributed by atoms with Crippen molar-refractivity contribution in [2.75, 3.05) is 31.1 Å². The van der Waals surface area contributed by atoms with Crippen LogP contribution in [0.15, 0.2) is 0 Å². The highest BCUT2D eigenvalue weighted by Gasteiger charge is 2.39. The molecule has 0 aromatic rings. The first-order chi connectivity index (χ1) is 8.24. The van der Waals surface area contributed by atoms with Gasteiger partial charge in [-0.05, 0) is 55.1 Å². The van der Waals surface area contributed by atoms with Gasteiger partial charge >= 0.3 is 0 Å². The van der Waals surface area contributed by atoms with Crippen molar-refractivity contribution in [3.05, 3.63) is 0 Å². The van der Waals surface area contributed by atoms with Crippen molar-refractivity contribution >= 4 is 11.8 Å². The summed E-state index contributed by atoms with van der Waals surface area (Å²) < 4.78 is 0. The summed E-state index contributed by atoms with van der Waals surface area (Å²) in [5, 5.41) is 0. The summed E-state index contributed by atoms with van der Waals surface area (Å²) in [6.07, 6.45) is 5.43. The number of likely N-dealkylation sites (tertiary alicyclic amines) is 1. The first-order valence-corrected chi connectivity index (χ1v) is 8.42. The fourth-order valence-corrected chi connectivity index (χ4v) is 4.90. The van der Waals surface area contributed by atoms with Crippen LogP contribution in [0.1, 0.15) is 39.5 Å². The standard InChI is InChI=1S/C14H28N2S/c1-3-14(4-2)6-7-16(11-14)13(9-15)12-5-8-17-10-12/h12-13H,3-11,15H2,1-2H3. The first-order valence-electron chi connectivity index (χ1n) is 7.26. The summed E-state index contributed by atoms with van der Waals surface area (Å²) in [7, 11) is 0. The third-order valence-corrected chi connectivity index (χ3v) is 6.38. The van der Waals surface area contributed by atoms with Gasteiger partial charge in [0.05, 0.1) is 0 Å². The van der Waals surface area contributed by atoms with E-state index < -0.39 is 0 Å². The Hall–Kier alpha value is 0.270. The predicted molar refractivity (Wildman–Crippen MR) is 77.5 cm³/mol. The zero-order chi connectivity index (χ0) is 12.3. The lowest BCUT2D eigenvalue weighted by Crippen LogP contribution is -2.45. The fourth-order valence-electron chi connectivity index (χ4n) is 3.58. The molecule has 3 heteroatoms. The molecule has 2 aliphatic rings. The average molecular weight is 256 g/mol. The highest BCUT2D eigenvalue weighted by Crippen LogP contribution is 2.40. The van der Waals surface area contributed by atoms with Crippen LogP contribution in [0, 0.1) is 11.3 Å². The number of rotatable bonds is 5. The Balaban J connectivity index is 1.97. The summed E-state index contributed by atoms with van der Waals surface area (Å²) in [5.74, 6) is 3.54. The largest absolute Gasteiger partial charge is 0.329 e. The van der Waals surface area contributed by atoms with Crippen LogP contribution in [0.5, 0.6) is 0 Å². The summed E-state index contributed by atoms with van der Waals surface area (Å²) in [5.41, 5.74) is 6.65. The number of nitrogens with two attached hydrogens (primary N) is 1. The van der Waals surface area contributed by atoms with Gasteiger partial charge in [0.2, 0.25) is 0 Å². The second-order valence-corrected chi connectivity index (χ2v) is 7.00. The van der Waals surface area contributed by atoms with Crippen molar-refractivity contribution < 1.29 is 0 Å². The normalized spacial score (nSPS) is 30.9. The van der Waals surface area contributed by atoms with E-state index >= 15 is 0 Å². The lowest BCUT2D eigenvalue weighted by molar-refractivity contribution is 0.159. The molecule has 0 aromatic heterocycles. The Morgan fingerprint density at radius 1 is 1.41 bits per heavy atom. The minimum Gasteiger partial charge on any atom is -0.329 e. The minimum atomic E-state index is 0.596. The summed E-state index contributed by atoms with van der Waals surface area (Å²) in [4.78, 5) is 2.71. The zero-order valence-corrected chi connectivity index (χ0v) is 12.3. The molecular formula is C14H28N2S. The Kier molecular flexibility index (Phi) is 4.79. The van der Waals surface area contributed by atoms with Crippen LogP contribution in [0.2, 0.25) is 0 Å². The smallest absolute Gasteiger partial charge is 0.0255 e. The van der Waals surface area contributed by atoms with Gasteiger partial charge in [0, 0.05) is 19.1 Å². The molecule has 17 heavy (non-hydrogen) atoms. The van der Waals surface area contributed by atoms with Crippen LogP contribution in [-0.2, 0) is 0 Å². The van der Waals surface area contributed by atoms with Gasteiger partial charge in [0.25, 0.3) is 0 Å². The molecule has 0 spiro atoms. The van der Waals surface area contributed by atoms with Crippen LogP contribution in [0.3, 0.4) is 0 Å². The van der Waals surface area contributed by atoms with Crippen molar-refractivity contribution in [1.82, 2.24) is 4.90 Å². The van der Waals surface area contributed by atoms with E-state index in [-0.39, 0.29) is 0 Å². The van der Waals surface area contributed by atoms with Gasteiger partial charge in [-0.15, -0.1) is 0 Å². The maximum Gasteiger partial charge on any atom is 0.0255 e. The Morgan fingerprint density at radius 3 is 2.65 bits per heavy atom. The number of nitrogens with zero attached hydrogens (tertiary/aromatic N) is 1. The quantitative estimate of drug-likeness (QED) is 0.820. The van der Waals surface area contributed by atoms with Gasteiger partial charge in [-0.2, -0.15) is 11.8 Å². The lowest BCUT2D eigenvalue weighted by Gasteiger charge is -2.33. The zero-order valence-electron chi connectivity index (χ0n) is 11.5. The highest BCUT2D eigenvalue weighted by molar-refractivity contribution is 7.99. The second kappa shape index (κ2) is 5.94. The van der Waals surface area contributed by atoms with E-state index in [0.29, 0.717) is 11.5 Å². The van der Waals surface area contributed by atoms with Gasteiger partial charge in [-0.3, -0.25) is 4.90 Å². The third kappa shape index (κ3) is 2.82. The van der Waals surface area contributed by atoms with E-state index in [1.807, 2.05) is 0 Å².